The van der Waals surface area contributed by atoms with Crippen molar-refractivity contribution < 1.29 is 4.98 Å². The van der Waals surface area contributed by atoms with Crippen molar-refractivity contribution in [3.63, 3.8) is 0 Å². The molecule has 0 aliphatic rings. The fourth-order valence-electron chi connectivity index (χ4n) is 1.82. The molecule has 0 spiro atoms. The van der Waals surface area contributed by atoms with E-state index in [9.17, 15) is 0 Å². The van der Waals surface area contributed by atoms with Gasteiger partial charge >= 0.3 is 5.13 Å². The summed E-state index contributed by atoms with van der Waals surface area (Å²) in [6.45, 7) is 2.19. The van der Waals surface area contributed by atoms with Crippen molar-refractivity contribution in [2.75, 3.05) is 5.73 Å². The number of nitrogens with one attached hydrogen (secondary N) is 1. The number of thiazole rings is 1. The molecule has 3 heteroatoms. The molecule has 0 saturated carbocycles. The van der Waals surface area contributed by atoms with Crippen molar-refractivity contribution in [2.24, 2.45) is 0 Å². The largest absolute Gasteiger partial charge is 0.329 e. The Balaban J connectivity index is 2.33. The number of nitrogen functional groups attached to an aromatic ring is 1. The van der Waals surface area contributed by atoms with Crippen molar-refractivity contribution >= 4 is 16.5 Å². The Morgan fingerprint density at radius 1 is 1.33 bits per heavy atom. The summed E-state index contributed by atoms with van der Waals surface area (Å²) < 4.78 is 0. The first kappa shape index (κ1) is 10.2. The number of anilines is 1. The van der Waals surface area contributed by atoms with E-state index in [-0.39, 0.29) is 0 Å². The topological polar surface area (TPSA) is 40.2 Å². The first-order chi connectivity index (χ1) is 7.31. The predicted molar refractivity (Wildman–Crippen MR) is 63.9 cm³/mol. The van der Waals surface area contributed by atoms with Crippen LogP contribution in [0.25, 0.3) is 0 Å². The summed E-state index contributed by atoms with van der Waals surface area (Å²) in [6, 6.07) is 10.5. The summed E-state index contributed by atoms with van der Waals surface area (Å²) in [5, 5.41) is 2.88. The first-order valence-electron chi connectivity index (χ1n) is 5.12. The highest BCUT2D eigenvalue weighted by atomic mass is 32.1. The molecule has 1 atom stereocenters. The fraction of sp³-hybridized carbons (Fsp3) is 0.250. The highest BCUT2D eigenvalue weighted by Gasteiger charge is 2.17. The molecule has 1 heterocycles. The average molecular weight is 219 g/mol. The van der Waals surface area contributed by atoms with Crippen molar-refractivity contribution in [3.05, 3.63) is 47.0 Å². The second-order valence-electron chi connectivity index (χ2n) is 3.55. The number of hydrogen-bond acceptors (Lipinski definition) is 2. The summed E-state index contributed by atoms with van der Waals surface area (Å²) >= 11 is 1.56. The molecule has 0 bridgehead atoms. The van der Waals surface area contributed by atoms with E-state index in [4.69, 9.17) is 5.73 Å². The van der Waals surface area contributed by atoms with Crippen LogP contribution in [0.3, 0.4) is 0 Å². The molecular weight excluding hydrogens is 204 g/mol. The van der Waals surface area contributed by atoms with Crippen LogP contribution in [0.5, 0.6) is 0 Å². The number of H-pyrrole nitrogens is 1. The van der Waals surface area contributed by atoms with Gasteiger partial charge in [-0.05, 0) is 12.0 Å². The average Bonchev–Trinajstić information content (AvgIpc) is 2.68. The van der Waals surface area contributed by atoms with Crippen molar-refractivity contribution in [2.45, 2.75) is 19.3 Å². The zero-order chi connectivity index (χ0) is 10.7. The van der Waals surface area contributed by atoms with Crippen LogP contribution in [0, 0.1) is 0 Å². The molecule has 2 rings (SSSR count). The predicted octanol–water partition coefficient (Wildman–Crippen LogP) is 2.69. The van der Waals surface area contributed by atoms with E-state index in [1.165, 1.54) is 11.3 Å². The SMILES string of the molecule is CCC(c1ccccc1)c1csc(N)[nH+]1. The van der Waals surface area contributed by atoms with E-state index < -0.39 is 0 Å². The Labute approximate surface area is 93.8 Å². The van der Waals surface area contributed by atoms with Gasteiger partial charge in [0.2, 0.25) is 0 Å². The maximum absolute atomic E-state index is 5.71. The summed E-state index contributed by atoms with van der Waals surface area (Å²) in [6.07, 6.45) is 1.08. The fourth-order valence-corrected chi connectivity index (χ4v) is 2.47. The van der Waals surface area contributed by atoms with Gasteiger partial charge in [-0.3, -0.25) is 5.73 Å². The molecule has 1 aromatic heterocycles. The second-order valence-corrected chi connectivity index (χ2v) is 4.46. The van der Waals surface area contributed by atoms with Crippen LogP contribution in [-0.2, 0) is 0 Å². The number of aromatic amines is 1. The molecule has 0 saturated heterocycles. The lowest BCUT2D eigenvalue weighted by Gasteiger charge is -2.10. The lowest BCUT2D eigenvalue weighted by atomic mass is 9.94. The maximum Gasteiger partial charge on any atom is 0.329 e. The highest BCUT2D eigenvalue weighted by Crippen LogP contribution is 2.26. The molecule has 0 radical (unpaired) electrons. The van der Waals surface area contributed by atoms with Gasteiger partial charge in [0.1, 0.15) is 5.69 Å². The lowest BCUT2D eigenvalue weighted by molar-refractivity contribution is -0.368. The molecule has 3 N–H and O–H groups in total. The normalized spacial score (nSPS) is 12.6. The molecule has 15 heavy (non-hydrogen) atoms. The molecule has 1 aromatic carbocycles. The lowest BCUT2D eigenvalue weighted by Crippen LogP contribution is -2.14. The van der Waals surface area contributed by atoms with Gasteiger partial charge in [-0.15, -0.1) is 0 Å². The van der Waals surface area contributed by atoms with E-state index in [0.717, 1.165) is 11.6 Å². The Morgan fingerprint density at radius 3 is 2.60 bits per heavy atom. The molecule has 0 aliphatic heterocycles. The second kappa shape index (κ2) is 4.45. The molecule has 1 unspecified atom stereocenters. The summed E-state index contributed by atoms with van der Waals surface area (Å²) in [5.74, 6) is 0.430. The van der Waals surface area contributed by atoms with Gasteiger partial charge < -0.3 is 0 Å². The van der Waals surface area contributed by atoms with Gasteiger partial charge in [-0.25, -0.2) is 4.98 Å². The first-order valence-corrected chi connectivity index (χ1v) is 6.00. The highest BCUT2D eigenvalue weighted by molar-refractivity contribution is 7.13. The minimum atomic E-state index is 0.430. The quantitative estimate of drug-likeness (QED) is 0.847. The third kappa shape index (κ3) is 2.18. The van der Waals surface area contributed by atoms with Crippen LogP contribution in [0.1, 0.15) is 30.5 Å². The maximum atomic E-state index is 5.71. The van der Waals surface area contributed by atoms with E-state index in [1.54, 1.807) is 11.3 Å². The van der Waals surface area contributed by atoms with Crippen LogP contribution >= 0.6 is 11.3 Å². The summed E-state index contributed by atoms with van der Waals surface area (Å²) in [4.78, 5) is 3.22. The zero-order valence-corrected chi connectivity index (χ0v) is 9.55. The Hall–Kier alpha value is -1.35. The third-order valence-electron chi connectivity index (χ3n) is 2.57. The number of hydrogen-bond donors (Lipinski definition) is 1. The number of aromatic nitrogens is 1. The molecule has 0 amide bonds. The van der Waals surface area contributed by atoms with Crippen LogP contribution in [0.15, 0.2) is 35.7 Å². The van der Waals surface area contributed by atoms with Crippen LogP contribution in [-0.4, -0.2) is 0 Å². The van der Waals surface area contributed by atoms with Gasteiger partial charge in [0.15, 0.2) is 0 Å². The standard InChI is InChI=1S/C12H14N2S/c1-2-10(9-6-4-3-5-7-9)11-8-15-12(13)14-11/h3-8,10H,2H2,1H3,(H2,13,14)/p+1. The monoisotopic (exact) mass is 219 g/mol. The molecule has 2 nitrogen and oxygen atoms in total. The van der Waals surface area contributed by atoms with Crippen molar-refractivity contribution in [3.8, 4) is 0 Å². The van der Waals surface area contributed by atoms with E-state index in [2.05, 4.69) is 41.6 Å². The van der Waals surface area contributed by atoms with Gasteiger partial charge in [-0.2, -0.15) is 0 Å². The summed E-state index contributed by atoms with van der Waals surface area (Å²) in [5.41, 5.74) is 8.27. The number of nitrogens with two attached hydrogens (primary N) is 1. The molecule has 78 valence electrons. The van der Waals surface area contributed by atoms with Gasteiger partial charge in [-0.1, -0.05) is 48.6 Å². The molecule has 0 aliphatic carbocycles. The van der Waals surface area contributed by atoms with Gasteiger partial charge in [0.05, 0.1) is 0 Å². The molecule has 2 aromatic rings. The number of benzene rings is 1. The summed E-state index contributed by atoms with van der Waals surface area (Å²) in [7, 11) is 0. The molecule has 0 fully saturated rings. The Kier molecular flexibility index (Phi) is 3.02. The minimum absolute atomic E-state index is 0.430. The van der Waals surface area contributed by atoms with Crippen molar-refractivity contribution in [1.82, 2.24) is 0 Å². The number of rotatable bonds is 3. The Morgan fingerprint density at radius 2 is 2.07 bits per heavy atom. The zero-order valence-electron chi connectivity index (χ0n) is 8.73. The third-order valence-corrected chi connectivity index (χ3v) is 3.29. The van der Waals surface area contributed by atoms with Crippen LogP contribution < -0.4 is 10.7 Å². The van der Waals surface area contributed by atoms with Gasteiger partial charge in [0, 0.05) is 11.3 Å². The van der Waals surface area contributed by atoms with E-state index >= 15 is 0 Å². The van der Waals surface area contributed by atoms with Gasteiger partial charge in [0.25, 0.3) is 0 Å². The van der Waals surface area contributed by atoms with Crippen molar-refractivity contribution in [1.29, 1.82) is 0 Å². The van der Waals surface area contributed by atoms with Crippen LogP contribution in [0.2, 0.25) is 0 Å². The Bertz CT molecular complexity index is 422. The van der Waals surface area contributed by atoms with E-state index in [1.807, 2.05) is 6.07 Å². The van der Waals surface area contributed by atoms with Crippen LogP contribution in [0.4, 0.5) is 5.13 Å². The molecular formula is C12H15N2S+. The smallest absolute Gasteiger partial charge is 0.278 e. The van der Waals surface area contributed by atoms with E-state index in [0.29, 0.717) is 5.92 Å². The minimum Gasteiger partial charge on any atom is -0.278 e.